The molecule has 0 spiro atoms. The van der Waals surface area contributed by atoms with Crippen molar-refractivity contribution in [1.29, 1.82) is 0 Å². The number of pyridine rings is 1. The third-order valence-electron chi connectivity index (χ3n) is 2.80. The van der Waals surface area contributed by atoms with E-state index in [4.69, 9.17) is 4.74 Å². The van der Waals surface area contributed by atoms with E-state index in [0.717, 1.165) is 12.8 Å². The predicted octanol–water partition coefficient (Wildman–Crippen LogP) is 0.282. The van der Waals surface area contributed by atoms with Gasteiger partial charge < -0.3 is 15.0 Å². The van der Waals surface area contributed by atoms with Gasteiger partial charge in [0.05, 0.1) is 6.10 Å². The lowest BCUT2D eigenvalue weighted by Gasteiger charge is -2.34. The minimum atomic E-state index is -0.268. The number of ether oxygens (including phenoxy) is 1. The molecule has 0 atom stereocenters. The summed E-state index contributed by atoms with van der Waals surface area (Å²) in [5.74, 6) is -0.203. The van der Waals surface area contributed by atoms with Crippen molar-refractivity contribution in [2.24, 2.45) is 0 Å². The maximum absolute atomic E-state index is 11.7. The number of rotatable bonds is 3. The summed E-state index contributed by atoms with van der Waals surface area (Å²) in [5, 5.41) is 2.85. The molecule has 1 aliphatic rings. The molecule has 0 radical (unpaired) electrons. The van der Waals surface area contributed by atoms with Gasteiger partial charge in [0.2, 0.25) is 5.56 Å². The minimum absolute atomic E-state index is 0.164. The molecule has 1 heterocycles. The third kappa shape index (κ3) is 2.30. The second kappa shape index (κ2) is 4.49. The first-order valence-electron chi connectivity index (χ1n) is 5.21. The van der Waals surface area contributed by atoms with Gasteiger partial charge in [-0.25, -0.2) is 0 Å². The Morgan fingerprint density at radius 2 is 2.31 bits per heavy atom. The van der Waals surface area contributed by atoms with Crippen molar-refractivity contribution in [2.45, 2.75) is 25.0 Å². The van der Waals surface area contributed by atoms with Crippen LogP contribution in [0.3, 0.4) is 0 Å². The highest BCUT2D eigenvalue weighted by Gasteiger charge is 2.30. The number of H-pyrrole nitrogens is 1. The Labute approximate surface area is 92.8 Å². The van der Waals surface area contributed by atoms with Gasteiger partial charge in [-0.15, -0.1) is 0 Å². The Balaban J connectivity index is 1.92. The fourth-order valence-corrected chi connectivity index (χ4v) is 1.73. The van der Waals surface area contributed by atoms with E-state index in [1.807, 2.05) is 0 Å². The quantitative estimate of drug-likeness (QED) is 0.771. The second-order valence-corrected chi connectivity index (χ2v) is 3.94. The van der Waals surface area contributed by atoms with Gasteiger partial charge in [0.1, 0.15) is 0 Å². The largest absolute Gasteiger partial charge is 0.381 e. The summed E-state index contributed by atoms with van der Waals surface area (Å²) in [6.45, 7) is 0. The Morgan fingerprint density at radius 3 is 2.94 bits per heavy atom. The smallest absolute Gasteiger partial charge is 0.251 e. The van der Waals surface area contributed by atoms with E-state index in [9.17, 15) is 9.59 Å². The minimum Gasteiger partial charge on any atom is -0.381 e. The standard InChI is InChI=1S/C11H14N2O3/c1-16-9-5-8(6-9)13-11(15)7-2-3-12-10(14)4-7/h2-4,8-9H,5-6H2,1H3,(H,12,14)(H,13,15). The van der Waals surface area contributed by atoms with Gasteiger partial charge in [0.15, 0.2) is 0 Å². The summed E-state index contributed by atoms with van der Waals surface area (Å²) in [4.78, 5) is 25.2. The van der Waals surface area contributed by atoms with Crippen LogP contribution in [0.25, 0.3) is 0 Å². The molecule has 16 heavy (non-hydrogen) atoms. The first kappa shape index (κ1) is 10.9. The topological polar surface area (TPSA) is 71.2 Å². The molecule has 0 aromatic carbocycles. The molecule has 0 unspecified atom stereocenters. The summed E-state index contributed by atoms with van der Waals surface area (Å²) in [5.41, 5.74) is 0.126. The molecule has 0 bridgehead atoms. The maximum atomic E-state index is 11.7. The number of hydrogen-bond donors (Lipinski definition) is 2. The summed E-state index contributed by atoms with van der Waals surface area (Å²) in [6, 6.07) is 3.04. The Bertz CT molecular complexity index is 435. The molecule has 5 nitrogen and oxygen atoms in total. The first-order chi connectivity index (χ1) is 7.69. The van der Waals surface area contributed by atoms with Crippen LogP contribution in [-0.2, 0) is 4.74 Å². The highest BCUT2D eigenvalue weighted by atomic mass is 16.5. The maximum Gasteiger partial charge on any atom is 0.251 e. The number of aromatic nitrogens is 1. The van der Waals surface area contributed by atoms with Crippen LogP contribution in [0.15, 0.2) is 23.1 Å². The fraction of sp³-hybridized carbons (Fsp3) is 0.455. The van der Waals surface area contributed by atoms with Crippen LogP contribution in [0.2, 0.25) is 0 Å². The monoisotopic (exact) mass is 222 g/mol. The molecule has 1 amide bonds. The van der Waals surface area contributed by atoms with Crippen LogP contribution in [0.1, 0.15) is 23.2 Å². The molecule has 1 aromatic heterocycles. The molecule has 2 rings (SSSR count). The van der Waals surface area contributed by atoms with Gasteiger partial charge >= 0.3 is 0 Å². The van der Waals surface area contributed by atoms with E-state index in [0.29, 0.717) is 5.56 Å². The summed E-state index contributed by atoms with van der Waals surface area (Å²) < 4.78 is 5.12. The molecule has 0 aliphatic heterocycles. The molecule has 1 saturated carbocycles. The van der Waals surface area contributed by atoms with Crippen LogP contribution < -0.4 is 10.9 Å². The average molecular weight is 222 g/mol. The summed E-state index contributed by atoms with van der Waals surface area (Å²) in [7, 11) is 1.67. The van der Waals surface area contributed by atoms with Gasteiger partial charge in [-0.1, -0.05) is 0 Å². The van der Waals surface area contributed by atoms with E-state index in [2.05, 4.69) is 10.3 Å². The molecule has 86 valence electrons. The molecular weight excluding hydrogens is 208 g/mol. The number of carbonyl (C=O) groups excluding carboxylic acids is 1. The van der Waals surface area contributed by atoms with Crippen molar-refractivity contribution < 1.29 is 9.53 Å². The number of amides is 1. The molecule has 2 N–H and O–H groups in total. The van der Waals surface area contributed by atoms with Gasteiger partial charge in [-0.05, 0) is 18.9 Å². The van der Waals surface area contributed by atoms with Crippen molar-refractivity contribution in [3.63, 3.8) is 0 Å². The summed E-state index contributed by atoms with van der Waals surface area (Å²) in [6.07, 6.45) is 3.40. The molecule has 1 aromatic rings. The number of methoxy groups -OCH3 is 1. The van der Waals surface area contributed by atoms with Gasteiger partial charge in [0, 0.05) is 31.0 Å². The van der Waals surface area contributed by atoms with Crippen LogP contribution >= 0.6 is 0 Å². The van der Waals surface area contributed by atoms with Crippen LogP contribution in [0.4, 0.5) is 0 Å². The van der Waals surface area contributed by atoms with E-state index in [1.165, 1.54) is 12.3 Å². The zero-order valence-corrected chi connectivity index (χ0v) is 9.03. The normalized spacial score (nSPS) is 23.6. The van der Waals surface area contributed by atoms with E-state index in [1.54, 1.807) is 13.2 Å². The number of carbonyl (C=O) groups is 1. The number of nitrogens with one attached hydrogen (secondary N) is 2. The van der Waals surface area contributed by atoms with E-state index >= 15 is 0 Å². The van der Waals surface area contributed by atoms with Crippen molar-refractivity contribution >= 4 is 5.91 Å². The Hall–Kier alpha value is -1.62. The molecule has 0 saturated heterocycles. The average Bonchev–Trinajstić information content (AvgIpc) is 2.22. The first-order valence-corrected chi connectivity index (χ1v) is 5.21. The van der Waals surface area contributed by atoms with Crippen LogP contribution in [-0.4, -0.2) is 30.1 Å². The highest BCUT2D eigenvalue weighted by molar-refractivity contribution is 5.94. The number of hydrogen-bond acceptors (Lipinski definition) is 3. The lowest BCUT2D eigenvalue weighted by molar-refractivity contribution is 0.0176. The third-order valence-corrected chi connectivity index (χ3v) is 2.80. The summed E-state index contributed by atoms with van der Waals surface area (Å²) >= 11 is 0. The SMILES string of the molecule is COC1CC(NC(=O)c2cc[nH]c(=O)c2)C1. The molecule has 5 heteroatoms. The zero-order chi connectivity index (χ0) is 11.5. The fourth-order valence-electron chi connectivity index (χ4n) is 1.73. The van der Waals surface area contributed by atoms with Crippen molar-refractivity contribution in [3.8, 4) is 0 Å². The molecule has 1 fully saturated rings. The van der Waals surface area contributed by atoms with Crippen molar-refractivity contribution in [3.05, 3.63) is 34.2 Å². The second-order valence-electron chi connectivity index (χ2n) is 3.94. The Kier molecular flexibility index (Phi) is 3.05. The lowest BCUT2D eigenvalue weighted by Crippen LogP contribution is -2.47. The lowest BCUT2D eigenvalue weighted by atomic mass is 9.89. The zero-order valence-electron chi connectivity index (χ0n) is 9.03. The van der Waals surface area contributed by atoms with E-state index in [-0.39, 0.29) is 23.6 Å². The predicted molar refractivity (Wildman–Crippen MR) is 58.3 cm³/mol. The van der Waals surface area contributed by atoms with Gasteiger partial charge in [-0.3, -0.25) is 9.59 Å². The van der Waals surface area contributed by atoms with Crippen LogP contribution in [0, 0.1) is 0 Å². The molecular formula is C11H14N2O3. The Morgan fingerprint density at radius 1 is 1.56 bits per heavy atom. The molecule has 1 aliphatic carbocycles. The van der Waals surface area contributed by atoms with Crippen molar-refractivity contribution in [1.82, 2.24) is 10.3 Å². The highest BCUT2D eigenvalue weighted by Crippen LogP contribution is 2.22. The van der Waals surface area contributed by atoms with E-state index < -0.39 is 0 Å². The van der Waals surface area contributed by atoms with Crippen LogP contribution in [0.5, 0.6) is 0 Å². The number of aromatic amines is 1. The van der Waals surface area contributed by atoms with Gasteiger partial charge in [-0.2, -0.15) is 0 Å². The van der Waals surface area contributed by atoms with Crippen molar-refractivity contribution in [2.75, 3.05) is 7.11 Å². The van der Waals surface area contributed by atoms with Gasteiger partial charge in [0.25, 0.3) is 5.91 Å².